The Hall–Kier alpha value is -1.19. The Bertz CT molecular complexity index is 251. The van der Waals surface area contributed by atoms with Crippen LogP contribution in [-0.2, 0) is 0 Å². The Morgan fingerprint density at radius 3 is 3.00 bits per heavy atom. The molecule has 0 aromatic carbocycles. The van der Waals surface area contributed by atoms with Crippen molar-refractivity contribution >= 4 is 6.03 Å². The number of carbonyl (C=O) groups is 1. The van der Waals surface area contributed by atoms with E-state index in [2.05, 4.69) is 23.9 Å². The van der Waals surface area contributed by atoms with Gasteiger partial charge in [-0.15, -0.1) is 0 Å². The van der Waals surface area contributed by atoms with Gasteiger partial charge in [-0.3, -0.25) is 5.43 Å². The lowest BCUT2D eigenvalue weighted by Gasteiger charge is -2.16. The molecule has 0 fully saturated rings. The molecule has 4 nitrogen and oxygen atoms in total. The minimum Gasteiger partial charge on any atom is -0.350 e. The summed E-state index contributed by atoms with van der Waals surface area (Å²) in [7, 11) is 0. The maximum Gasteiger partial charge on any atom is 0.330 e. The van der Waals surface area contributed by atoms with Crippen LogP contribution in [0, 0.1) is 5.92 Å². The van der Waals surface area contributed by atoms with Crippen molar-refractivity contribution in [3.63, 3.8) is 0 Å². The molecule has 0 radical (unpaired) electrons. The van der Waals surface area contributed by atoms with Crippen LogP contribution in [0.15, 0.2) is 11.8 Å². The number of carbonyl (C=O) groups excluding carboxylic acids is 1. The fourth-order valence-corrected chi connectivity index (χ4v) is 2.17. The fraction of sp³-hybridized carbons (Fsp3) is 0.750. The van der Waals surface area contributed by atoms with Gasteiger partial charge in [0.05, 0.1) is 0 Å². The van der Waals surface area contributed by atoms with Gasteiger partial charge >= 0.3 is 6.03 Å². The maximum absolute atomic E-state index is 10.6. The monoisotopic (exact) mass is 225 g/mol. The second-order valence-electron chi connectivity index (χ2n) is 4.40. The van der Waals surface area contributed by atoms with Crippen LogP contribution in [0.2, 0.25) is 0 Å². The van der Waals surface area contributed by atoms with Crippen molar-refractivity contribution in [2.24, 2.45) is 11.7 Å². The summed E-state index contributed by atoms with van der Waals surface area (Å²) in [5.41, 5.74) is 11.5. The van der Waals surface area contributed by atoms with Gasteiger partial charge in [-0.2, -0.15) is 0 Å². The first-order chi connectivity index (χ1) is 7.74. The highest BCUT2D eigenvalue weighted by Gasteiger charge is 2.18. The Morgan fingerprint density at radius 2 is 2.31 bits per heavy atom. The molecule has 1 rings (SSSR count). The van der Waals surface area contributed by atoms with Crippen LogP contribution in [0.4, 0.5) is 4.79 Å². The van der Waals surface area contributed by atoms with E-state index in [4.69, 9.17) is 5.73 Å². The molecule has 0 aromatic heterocycles. The molecular formula is C12H23N3O. The fourth-order valence-electron chi connectivity index (χ4n) is 2.17. The van der Waals surface area contributed by atoms with Crippen molar-refractivity contribution in [2.45, 2.75) is 51.9 Å². The number of allylic oxidation sites excluding steroid dienone is 2. The van der Waals surface area contributed by atoms with Crippen molar-refractivity contribution in [3.05, 3.63) is 11.8 Å². The van der Waals surface area contributed by atoms with Gasteiger partial charge in [-0.05, 0) is 19.3 Å². The van der Waals surface area contributed by atoms with Gasteiger partial charge < -0.3 is 11.2 Å². The number of rotatable bonds is 7. The number of hydrogen-bond donors (Lipinski definition) is 3. The molecular weight excluding hydrogens is 202 g/mol. The molecule has 1 aliphatic rings. The molecule has 0 saturated heterocycles. The Kier molecular flexibility index (Phi) is 5.75. The zero-order chi connectivity index (χ0) is 11.8. The van der Waals surface area contributed by atoms with Crippen LogP contribution in [0.5, 0.6) is 0 Å². The highest BCUT2D eigenvalue weighted by atomic mass is 16.2. The highest BCUT2D eigenvalue weighted by molar-refractivity contribution is 5.71. The Morgan fingerprint density at radius 1 is 1.50 bits per heavy atom. The standard InChI is InChI=1S/C12H23N3O/c1-2-3-4-5-7-10-8-6-9-11(10)14-15-12(13)16/h9-10,14H,2-8H2,1H3,(H3,13,15,16)/t10-/m1/s1. The lowest BCUT2D eigenvalue weighted by molar-refractivity contribution is 0.245. The largest absolute Gasteiger partial charge is 0.350 e. The van der Waals surface area contributed by atoms with Crippen molar-refractivity contribution in [1.82, 2.24) is 10.9 Å². The summed E-state index contributed by atoms with van der Waals surface area (Å²) in [6, 6.07) is -0.530. The number of hydrazine groups is 1. The molecule has 4 N–H and O–H groups in total. The summed E-state index contributed by atoms with van der Waals surface area (Å²) < 4.78 is 0. The van der Waals surface area contributed by atoms with E-state index in [-0.39, 0.29) is 0 Å². The number of primary amides is 1. The highest BCUT2D eigenvalue weighted by Crippen LogP contribution is 2.28. The molecule has 0 aromatic rings. The van der Waals surface area contributed by atoms with Crippen LogP contribution in [0.1, 0.15) is 51.9 Å². The van der Waals surface area contributed by atoms with Crippen molar-refractivity contribution < 1.29 is 4.79 Å². The van der Waals surface area contributed by atoms with Gasteiger partial charge in [0.1, 0.15) is 0 Å². The summed E-state index contributed by atoms with van der Waals surface area (Å²) in [6.07, 6.45) is 10.8. The summed E-state index contributed by atoms with van der Waals surface area (Å²) in [5, 5.41) is 0. The molecule has 0 unspecified atom stereocenters. The van der Waals surface area contributed by atoms with E-state index < -0.39 is 6.03 Å². The zero-order valence-electron chi connectivity index (χ0n) is 10.1. The van der Waals surface area contributed by atoms with Crippen LogP contribution < -0.4 is 16.6 Å². The lowest BCUT2D eigenvalue weighted by Crippen LogP contribution is -2.41. The first-order valence-corrected chi connectivity index (χ1v) is 6.25. The molecule has 0 heterocycles. The van der Waals surface area contributed by atoms with Gasteiger partial charge in [0.15, 0.2) is 0 Å². The zero-order valence-corrected chi connectivity index (χ0v) is 10.1. The first-order valence-electron chi connectivity index (χ1n) is 6.25. The quantitative estimate of drug-likeness (QED) is 0.460. The molecule has 16 heavy (non-hydrogen) atoms. The van der Waals surface area contributed by atoms with Gasteiger partial charge in [-0.25, -0.2) is 4.79 Å². The number of urea groups is 1. The Balaban J connectivity index is 2.20. The van der Waals surface area contributed by atoms with Crippen LogP contribution >= 0.6 is 0 Å². The smallest absolute Gasteiger partial charge is 0.330 e. The van der Waals surface area contributed by atoms with Crippen molar-refractivity contribution in [2.75, 3.05) is 0 Å². The SMILES string of the molecule is CCCCCC[C@@H]1CCC=C1NNC(N)=O. The van der Waals surface area contributed by atoms with E-state index >= 15 is 0 Å². The van der Waals surface area contributed by atoms with E-state index in [0.29, 0.717) is 5.92 Å². The van der Waals surface area contributed by atoms with E-state index in [1.54, 1.807) is 0 Å². The first kappa shape index (κ1) is 12.9. The van der Waals surface area contributed by atoms with Crippen LogP contribution in [0.3, 0.4) is 0 Å². The molecule has 2 amide bonds. The summed E-state index contributed by atoms with van der Waals surface area (Å²) in [6.45, 7) is 2.22. The molecule has 0 spiro atoms. The summed E-state index contributed by atoms with van der Waals surface area (Å²) >= 11 is 0. The number of nitrogens with two attached hydrogens (primary N) is 1. The minimum absolute atomic E-state index is 0.530. The van der Waals surface area contributed by atoms with Gasteiger partial charge in [0, 0.05) is 11.6 Å². The molecule has 1 atom stereocenters. The van der Waals surface area contributed by atoms with E-state index in [1.807, 2.05) is 0 Å². The Labute approximate surface area is 97.6 Å². The molecule has 0 bridgehead atoms. The third-order valence-electron chi connectivity index (χ3n) is 3.06. The summed E-state index contributed by atoms with van der Waals surface area (Å²) in [5.74, 6) is 0.573. The van der Waals surface area contributed by atoms with Crippen molar-refractivity contribution in [3.8, 4) is 0 Å². The molecule has 92 valence electrons. The predicted molar refractivity (Wildman–Crippen MR) is 65.4 cm³/mol. The number of unbranched alkanes of at least 4 members (excludes halogenated alkanes) is 3. The minimum atomic E-state index is -0.530. The third-order valence-corrected chi connectivity index (χ3v) is 3.06. The molecule has 0 saturated carbocycles. The van der Waals surface area contributed by atoms with Crippen molar-refractivity contribution in [1.29, 1.82) is 0 Å². The summed E-state index contributed by atoms with van der Waals surface area (Å²) in [4.78, 5) is 10.6. The van der Waals surface area contributed by atoms with Crippen LogP contribution in [-0.4, -0.2) is 6.03 Å². The second-order valence-corrected chi connectivity index (χ2v) is 4.40. The third kappa shape index (κ3) is 4.55. The average molecular weight is 225 g/mol. The maximum atomic E-state index is 10.6. The molecule has 4 heteroatoms. The van der Waals surface area contributed by atoms with Gasteiger partial charge in [0.2, 0.25) is 0 Å². The lowest BCUT2D eigenvalue weighted by atomic mass is 9.98. The van der Waals surface area contributed by atoms with E-state index in [1.165, 1.54) is 38.5 Å². The van der Waals surface area contributed by atoms with E-state index in [0.717, 1.165) is 12.1 Å². The topological polar surface area (TPSA) is 67.2 Å². The van der Waals surface area contributed by atoms with Gasteiger partial charge in [0.25, 0.3) is 0 Å². The number of hydrogen-bond acceptors (Lipinski definition) is 2. The average Bonchev–Trinajstić information content (AvgIpc) is 2.69. The van der Waals surface area contributed by atoms with Crippen LogP contribution in [0.25, 0.3) is 0 Å². The van der Waals surface area contributed by atoms with E-state index in [9.17, 15) is 4.79 Å². The molecule has 0 aliphatic heterocycles. The second kappa shape index (κ2) is 7.14. The molecule has 1 aliphatic carbocycles. The number of amides is 2. The number of nitrogens with one attached hydrogen (secondary N) is 2. The predicted octanol–water partition coefficient (Wildman–Crippen LogP) is 2.42. The normalized spacial score (nSPS) is 19.3. The van der Waals surface area contributed by atoms with Gasteiger partial charge in [-0.1, -0.05) is 38.7 Å².